The number of alkyl halides is 1. The predicted molar refractivity (Wildman–Crippen MR) is 121 cm³/mol. The van der Waals surface area contributed by atoms with Crippen LogP contribution in [0.25, 0.3) is 0 Å². The first kappa shape index (κ1) is 25.0. The lowest BCUT2D eigenvalue weighted by Crippen LogP contribution is -2.52. The van der Waals surface area contributed by atoms with Gasteiger partial charge < -0.3 is 4.74 Å². The molecule has 0 saturated carbocycles. The summed E-state index contributed by atoms with van der Waals surface area (Å²) in [7, 11) is 1.45. The third-order valence-corrected chi connectivity index (χ3v) is 8.40. The van der Waals surface area contributed by atoms with E-state index >= 15 is 0 Å². The second kappa shape index (κ2) is 9.65. The first-order valence-corrected chi connectivity index (χ1v) is 11.2. The highest BCUT2D eigenvalue weighted by Crippen LogP contribution is 2.53. The number of halogens is 1. The van der Waals surface area contributed by atoms with Crippen molar-refractivity contribution in [1.29, 1.82) is 0 Å². The molecule has 2 unspecified atom stereocenters. The summed E-state index contributed by atoms with van der Waals surface area (Å²) in [5.41, 5.74) is 0.857. The molecule has 28 heavy (non-hydrogen) atoms. The van der Waals surface area contributed by atoms with Gasteiger partial charge in [0, 0.05) is 0 Å². The molecule has 2 nitrogen and oxygen atoms in total. The van der Waals surface area contributed by atoms with Crippen molar-refractivity contribution in [2.75, 3.05) is 7.11 Å². The van der Waals surface area contributed by atoms with Crippen LogP contribution >= 0.6 is 11.6 Å². The van der Waals surface area contributed by atoms with Gasteiger partial charge in [0.05, 0.1) is 7.11 Å². The molecule has 0 amide bonds. The number of carbonyl (C=O) groups excluding carboxylic acids is 1. The fourth-order valence-corrected chi connectivity index (χ4v) is 5.23. The summed E-state index contributed by atoms with van der Waals surface area (Å²) in [6, 6.07) is 10.6. The van der Waals surface area contributed by atoms with Gasteiger partial charge >= 0.3 is 5.97 Å². The Morgan fingerprint density at radius 1 is 0.893 bits per heavy atom. The second-order valence-electron chi connectivity index (χ2n) is 9.36. The molecule has 0 aliphatic carbocycles. The summed E-state index contributed by atoms with van der Waals surface area (Å²) < 4.78 is 5.26. The zero-order chi connectivity index (χ0) is 21.6. The van der Waals surface area contributed by atoms with Gasteiger partial charge in [-0.2, -0.15) is 0 Å². The molecule has 0 aliphatic rings. The summed E-state index contributed by atoms with van der Waals surface area (Å²) in [5, 5.41) is 0. The Morgan fingerprint density at radius 2 is 1.39 bits per heavy atom. The molecule has 0 aromatic heterocycles. The highest BCUT2D eigenvalue weighted by atomic mass is 35.5. The number of carbonyl (C=O) groups is 1. The molecule has 1 aromatic carbocycles. The van der Waals surface area contributed by atoms with E-state index in [4.69, 9.17) is 16.3 Å². The third-order valence-electron chi connectivity index (χ3n) is 7.65. The SMILES string of the molecule is CCC(C)(CC)CC(C)(CC(Cl)(C(=O)OC)C(C)(CC)CC)c1ccccc1. The number of benzene rings is 1. The first-order chi connectivity index (χ1) is 13.0. The highest BCUT2D eigenvalue weighted by Gasteiger charge is 2.55. The minimum absolute atomic E-state index is 0.188. The van der Waals surface area contributed by atoms with Crippen LogP contribution in [0.1, 0.15) is 92.6 Å². The lowest BCUT2D eigenvalue weighted by molar-refractivity contribution is -0.149. The third kappa shape index (κ3) is 4.93. The van der Waals surface area contributed by atoms with Crippen molar-refractivity contribution in [2.24, 2.45) is 10.8 Å². The molecular formula is C25H41ClO2. The molecule has 0 bridgehead atoms. The summed E-state index contributed by atoms with van der Waals surface area (Å²) in [4.78, 5) is 12.0. The van der Waals surface area contributed by atoms with E-state index < -0.39 is 4.87 Å². The van der Waals surface area contributed by atoms with Gasteiger partial charge in [-0.1, -0.05) is 91.6 Å². The maximum Gasteiger partial charge on any atom is 0.327 e. The quantitative estimate of drug-likeness (QED) is 0.279. The van der Waals surface area contributed by atoms with E-state index in [2.05, 4.69) is 72.7 Å². The fourth-order valence-electron chi connectivity index (χ4n) is 4.59. The van der Waals surface area contributed by atoms with Crippen LogP contribution in [0, 0.1) is 10.8 Å². The molecule has 1 aromatic rings. The Hall–Kier alpha value is -1.02. The standard InChI is InChI=1S/C25H41ClO2/c1-9-22(5,10-2)18-23(6,20-16-14-13-15-17-20)19-25(26,21(27)28-8)24(7,11-3)12-4/h13-17H,9-12,18-19H2,1-8H3. The molecule has 2 atom stereocenters. The summed E-state index contributed by atoms with van der Waals surface area (Å²) in [5.74, 6) is -0.308. The summed E-state index contributed by atoms with van der Waals surface area (Å²) in [6.07, 6.45) is 5.38. The zero-order valence-electron chi connectivity index (χ0n) is 19.3. The minimum Gasteiger partial charge on any atom is -0.468 e. The van der Waals surface area contributed by atoms with Crippen molar-refractivity contribution in [2.45, 2.75) is 97.3 Å². The minimum atomic E-state index is -1.07. The average Bonchev–Trinajstić information content (AvgIpc) is 2.72. The van der Waals surface area contributed by atoms with Crippen molar-refractivity contribution in [3.63, 3.8) is 0 Å². The van der Waals surface area contributed by atoms with E-state index in [-0.39, 0.29) is 22.2 Å². The molecule has 0 N–H and O–H groups in total. The Balaban J connectivity index is 3.58. The maximum atomic E-state index is 13.1. The second-order valence-corrected chi connectivity index (χ2v) is 10.0. The van der Waals surface area contributed by atoms with Crippen molar-refractivity contribution in [1.82, 2.24) is 0 Å². The molecule has 1 rings (SSSR count). The summed E-state index contributed by atoms with van der Waals surface area (Å²) >= 11 is 7.27. The van der Waals surface area contributed by atoms with Crippen molar-refractivity contribution in [3.05, 3.63) is 35.9 Å². The van der Waals surface area contributed by atoms with E-state index in [0.29, 0.717) is 6.42 Å². The number of rotatable bonds is 11. The number of hydrogen-bond acceptors (Lipinski definition) is 2. The topological polar surface area (TPSA) is 26.3 Å². The highest BCUT2D eigenvalue weighted by molar-refractivity contribution is 6.34. The fraction of sp³-hybridized carbons (Fsp3) is 0.720. The van der Waals surface area contributed by atoms with Gasteiger partial charge in [-0.05, 0) is 47.5 Å². The van der Waals surface area contributed by atoms with Crippen LogP contribution in [0.3, 0.4) is 0 Å². The van der Waals surface area contributed by atoms with E-state index in [1.807, 2.05) is 6.07 Å². The summed E-state index contributed by atoms with van der Waals surface area (Å²) in [6.45, 7) is 15.5. The molecular weight excluding hydrogens is 368 g/mol. The van der Waals surface area contributed by atoms with E-state index in [1.54, 1.807) is 0 Å². The molecule has 0 radical (unpaired) electrons. The molecule has 160 valence electrons. The normalized spacial score (nSPS) is 16.9. The first-order valence-electron chi connectivity index (χ1n) is 10.8. The average molecular weight is 409 g/mol. The molecule has 0 heterocycles. The van der Waals surface area contributed by atoms with Crippen molar-refractivity contribution < 1.29 is 9.53 Å². The zero-order valence-corrected chi connectivity index (χ0v) is 20.1. The van der Waals surface area contributed by atoms with Gasteiger partial charge in [-0.3, -0.25) is 4.79 Å². The lowest BCUT2D eigenvalue weighted by Gasteiger charge is -2.48. The van der Waals surface area contributed by atoms with Gasteiger partial charge in [0.1, 0.15) is 4.87 Å². The lowest BCUT2D eigenvalue weighted by atomic mass is 9.59. The van der Waals surface area contributed by atoms with Gasteiger partial charge in [0.15, 0.2) is 0 Å². The molecule has 3 heteroatoms. The molecule has 0 aliphatic heterocycles. The van der Waals surface area contributed by atoms with Gasteiger partial charge in [-0.25, -0.2) is 0 Å². The number of hydrogen-bond donors (Lipinski definition) is 0. The predicted octanol–water partition coefficient (Wildman–Crippen LogP) is 7.53. The van der Waals surface area contributed by atoms with Crippen LogP contribution in [0.15, 0.2) is 30.3 Å². The molecule has 0 fully saturated rings. The Bertz CT molecular complexity index is 619. The Kier molecular flexibility index (Phi) is 8.62. The van der Waals surface area contributed by atoms with Gasteiger partial charge in [0.2, 0.25) is 0 Å². The smallest absolute Gasteiger partial charge is 0.327 e. The van der Waals surface area contributed by atoms with Crippen molar-refractivity contribution in [3.8, 4) is 0 Å². The van der Waals surface area contributed by atoms with Crippen LogP contribution in [-0.4, -0.2) is 18.0 Å². The number of ether oxygens (including phenoxy) is 1. The monoisotopic (exact) mass is 408 g/mol. The van der Waals surface area contributed by atoms with Crippen LogP contribution in [0.2, 0.25) is 0 Å². The Morgan fingerprint density at radius 3 is 1.79 bits per heavy atom. The van der Waals surface area contributed by atoms with E-state index in [9.17, 15) is 4.79 Å². The van der Waals surface area contributed by atoms with E-state index in [1.165, 1.54) is 12.7 Å². The van der Waals surface area contributed by atoms with Crippen LogP contribution in [0.4, 0.5) is 0 Å². The maximum absolute atomic E-state index is 13.1. The van der Waals surface area contributed by atoms with Crippen LogP contribution in [-0.2, 0) is 14.9 Å². The number of methoxy groups -OCH3 is 1. The van der Waals surface area contributed by atoms with Gasteiger partial charge in [-0.15, -0.1) is 11.6 Å². The molecule has 0 saturated heterocycles. The van der Waals surface area contributed by atoms with Crippen LogP contribution < -0.4 is 0 Å². The largest absolute Gasteiger partial charge is 0.468 e. The van der Waals surface area contributed by atoms with Gasteiger partial charge in [0.25, 0.3) is 0 Å². The van der Waals surface area contributed by atoms with Crippen molar-refractivity contribution >= 4 is 17.6 Å². The number of esters is 1. The Labute approximate surface area is 178 Å². The van der Waals surface area contributed by atoms with Crippen LogP contribution in [0.5, 0.6) is 0 Å². The molecule has 0 spiro atoms. The van der Waals surface area contributed by atoms with E-state index in [0.717, 1.165) is 32.1 Å².